The molecule has 2 heterocycles. The third kappa shape index (κ3) is 11.7. The third-order valence-corrected chi connectivity index (χ3v) is 10.3. The van der Waals surface area contributed by atoms with Gasteiger partial charge < -0.3 is 42.1 Å². The predicted octanol–water partition coefficient (Wildman–Crippen LogP) is 5.81. The van der Waals surface area contributed by atoms with Crippen LogP contribution in [0.2, 0.25) is 10.0 Å². The lowest BCUT2D eigenvalue weighted by molar-refractivity contribution is 0.310. The molecule has 0 spiro atoms. The van der Waals surface area contributed by atoms with Gasteiger partial charge in [-0.3, -0.25) is 9.11 Å². The fraction of sp³-hybridized carbons (Fsp3) is 0.111. The molecule has 0 fully saturated rings. The molecule has 0 aliphatic heterocycles. The highest BCUT2D eigenvalue weighted by molar-refractivity contribution is 7.86. The SMILES string of the molecule is O=S(=O)(O)c1cc(Nc2nc(NCCO)nc(Nc3ccccc3Cl)n2)ccc1C=Cc1ccc(Nc2nc(NCCO)nc(Nc3ccccc3Cl)n2)cc1S(=O)(=O)O. The van der Waals surface area contributed by atoms with E-state index >= 15 is 0 Å². The zero-order valence-corrected chi connectivity index (χ0v) is 33.9. The van der Waals surface area contributed by atoms with Crippen molar-refractivity contribution in [2.45, 2.75) is 9.79 Å². The van der Waals surface area contributed by atoms with Gasteiger partial charge in [-0.05, 0) is 59.7 Å². The maximum atomic E-state index is 12.6. The molecule has 0 aliphatic carbocycles. The summed E-state index contributed by atoms with van der Waals surface area (Å²) >= 11 is 12.5. The second kappa shape index (κ2) is 19.2. The number of aromatic nitrogens is 6. The maximum Gasteiger partial charge on any atom is 0.295 e. The van der Waals surface area contributed by atoms with E-state index in [-0.39, 0.29) is 84.5 Å². The number of aliphatic hydroxyl groups is 2. The Hall–Kier alpha value is -6.24. The second-order valence-electron chi connectivity index (χ2n) is 12.2. The van der Waals surface area contributed by atoms with Crippen molar-refractivity contribution in [1.82, 2.24) is 29.9 Å². The first-order valence-electron chi connectivity index (χ1n) is 17.4. The van der Waals surface area contributed by atoms with E-state index in [0.29, 0.717) is 21.4 Å². The highest BCUT2D eigenvalue weighted by atomic mass is 35.5. The summed E-state index contributed by atoms with van der Waals surface area (Å²) in [5.74, 6) is 0.108. The fourth-order valence-electron chi connectivity index (χ4n) is 5.22. The average molecular weight is 898 g/mol. The van der Waals surface area contributed by atoms with Gasteiger partial charge >= 0.3 is 0 Å². The summed E-state index contributed by atoms with van der Waals surface area (Å²) in [6.07, 6.45) is 2.46. The van der Waals surface area contributed by atoms with Gasteiger partial charge in [0.2, 0.25) is 35.7 Å². The Morgan fingerprint density at radius 2 is 0.850 bits per heavy atom. The van der Waals surface area contributed by atoms with E-state index in [0.717, 1.165) is 12.1 Å². The molecule has 10 N–H and O–H groups in total. The molecule has 2 aromatic heterocycles. The molecule has 0 saturated heterocycles. The Labute approximate surface area is 352 Å². The van der Waals surface area contributed by atoms with E-state index in [1.54, 1.807) is 48.5 Å². The number of halogens is 2. The van der Waals surface area contributed by atoms with E-state index in [1.807, 2.05) is 0 Å². The number of aliphatic hydroxyl groups excluding tert-OH is 2. The largest absolute Gasteiger partial charge is 0.395 e. The quantitative estimate of drug-likeness (QED) is 0.0359. The molecule has 0 unspecified atom stereocenters. The molecule has 24 heteroatoms. The summed E-state index contributed by atoms with van der Waals surface area (Å²) in [6.45, 7) is -0.236. The molecule has 0 amide bonds. The van der Waals surface area contributed by atoms with Gasteiger partial charge in [-0.1, -0.05) is 71.8 Å². The average Bonchev–Trinajstić information content (AvgIpc) is 3.20. The van der Waals surface area contributed by atoms with E-state index in [9.17, 15) is 36.2 Å². The van der Waals surface area contributed by atoms with Gasteiger partial charge in [0.1, 0.15) is 9.79 Å². The lowest BCUT2D eigenvalue weighted by Crippen LogP contribution is -2.12. The molecule has 60 heavy (non-hydrogen) atoms. The van der Waals surface area contributed by atoms with E-state index in [4.69, 9.17) is 23.2 Å². The Kier molecular flexibility index (Phi) is 13.9. The predicted molar refractivity (Wildman–Crippen MR) is 228 cm³/mol. The minimum atomic E-state index is -4.88. The molecule has 6 aromatic rings. The number of nitrogens with one attached hydrogen (secondary N) is 6. The maximum absolute atomic E-state index is 12.6. The zero-order valence-electron chi connectivity index (χ0n) is 30.7. The van der Waals surface area contributed by atoms with Gasteiger partial charge in [0.25, 0.3) is 20.2 Å². The minimum Gasteiger partial charge on any atom is -0.395 e. The lowest BCUT2D eigenvalue weighted by atomic mass is 10.1. The Morgan fingerprint density at radius 1 is 0.500 bits per heavy atom. The van der Waals surface area contributed by atoms with Crippen LogP contribution in [0.4, 0.5) is 58.4 Å². The molecule has 0 aliphatic rings. The number of hydrogen-bond donors (Lipinski definition) is 10. The number of anilines is 10. The molecule has 20 nitrogen and oxygen atoms in total. The summed E-state index contributed by atoms with van der Waals surface area (Å²) < 4.78 is 70.8. The van der Waals surface area contributed by atoms with Crippen LogP contribution in [-0.4, -0.2) is 92.4 Å². The van der Waals surface area contributed by atoms with Crippen LogP contribution in [-0.2, 0) is 20.2 Å². The Morgan fingerprint density at radius 3 is 1.20 bits per heavy atom. The van der Waals surface area contributed by atoms with Crippen molar-refractivity contribution in [2.24, 2.45) is 0 Å². The van der Waals surface area contributed by atoms with E-state index < -0.39 is 30.0 Å². The molecule has 0 atom stereocenters. The Bertz CT molecular complexity index is 2580. The smallest absolute Gasteiger partial charge is 0.295 e. The van der Waals surface area contributed by atoms with Crippen LogP contribution in [0, 0.1) is 0 Å². The summed E-state index contributed by atoms with van der Waals surface area (Å²) in [4.78, 5) is 24.5. The van der Waals surface area contributed by atoms with Gasteiger partial charge in [-0.2, -0.15) is 46.7 Å². The van der Waals surface area contributed by atoms with E-state index in [2.05, 4.69) is 61.8 Å². The first kappa shape index (κ1) is 43.3. The number of rotatable bonds is 18. The van der Waals surface area contributed by atoms with Crippen molar-refractivity contribution < 1.29 is 36.2 Å². The van der Waals surface area contributed by atoms with Crippen molar-refractivity contribution in [1.29, 1.82) is 0 Å². The van der Waals surface area contributed by atoms with Crippen molar-refractivity contribution in [3.63, 3.8) is 0 Å². The van der Waals surface area contributed by atoms with Gasteiger partial charge in [-0.15, -0.1) is 0 Å². The number of hydrogen-bond acceptors (Lipinski definition) is 18. The van der Waals surface area contributed by atoms with Crippen LogP contribution in [0.5, 0.6) is 0 Å². The lowest BCUT2D eigenvalue weighted by Gasteiger charge is -2.13. The van der Waals surface area contributed by atoms with Crippen molar-refractivity contribution in [3.8, 4) is 0 Å². The summed E-state index contributed by atoms with van der Waals surface area (Å²) in [5.41, 5.74) is 1.10. The van der Waals surface area contributed by atoms with Gasteiger partial charge in [0.05, 0.1) is 34.6 Å². The molecular weight excluding hydrogens is 864 g/mol. The molecular formula is C36H34Cl2N12O8S2. The van der Waals surface area contributed by atoms with Crippen LogP contribution >= 0.6 is 23.2 Å². The molecule has 312 valence electrons. The van der Waals surface area contributed by atoms with E-state index in [1.165, 1.54) is 36.4 Å². The number of benzene rings is 4. The second-order valence-corrected chi connectivity index (χ2v) is 15.8. The van der Waals surface area contributed by atoms with Crippen LogP contribution in [0.15, 0.2) is 94.7 Å². The Balaban J connectivity index is 1.28. The summed E-state index contributed by atoms with van der Waals surface area (Å²) in [5, 5.41) is 36.7. The zero-order chi connectivity index (χ0) is 42.9. The van der Waals surface area contributed by atoms with Crippen molar-refractivity contribution in [3.05, 3.63) is 106 Å². The molecule has 0 radical (unpaired) electrons. The highest BCUT2D eigenvalue weighted by Crippen LogP contribution is 2.30. The molecule has 0 bridgehead atoms. The van der Waals surface area contributed by atoms with Crippen molar-refractivity contribution in [2.75, 3.05) is 58.2 Å². The van der Waals surface area contributed by atoms with Crippen molar-refractivity contribution >= 4 is 114 Å². The number of para-hydroxylation sites is 2. The molecule has 4 aromatic carbocycles. The highest BCUT2D eigenvalue weighted by Gasteiger charge is 2.19. The van der Waals surface area contributed by atoms with Crippen LogP contribution < -0.4 is 31.9 Å². The van der Waals surface area contributed by atoms with Gasteiger partial charge in [0.15, 0.2) is 0 Å². The monoisotopic (exact) mass is 896 g/mol. The third-order valence-electron chi connectivity index (χ3n) is 7.84. The normalized spacial score (nSPS) is 11.6. The van der Waals surface area contributed by atoms with Crippen LogP contribution in [0.1, 0.15) is 11.1 Å². The summed E-state index contributed by atoms with van der Waals surface area (Å²) in [6, 6.07) is 21.4. The number of nitrogens with zero attached hydrogens (tertiary/aromatic N) is 6. The minimum absolute atomic E-state index is 0.0507. The van der Waals surface area contributed by atoms with Gasteiger partial charge in [-0.25, -0.2) is 0 Å². The topological polar surface area (TPSA) is 299 Å². The fourth-order valence-corrected chi connectivity index (χ4v) is 7.00. The first-order valence-corrected chi connectivity index (χ1v) is 21.0. The molecule has 0 saturated carbocycles. The summed E-state index contributed by atoms with van der Waals surface area (Å²) in [7, 11) is -9.76. The molecule has 6 rings (SSSR count). The van der Waals surface area contributed by atoms with Crippen LogP contribution in [0.25, 0.3) is 12.2 Å². The first-order chi connectivity index (χ1) is 28.7. The van der Waals surface area contributed by atoms with Crippen LogP contribution in [0.3, 0.4) is 0 Å². The van der Waals surface area contributed by atoms with Gasteiger partial charge in [0, 0.05) is 24.5 Å². The standard InChI is InChI=1S/C36H34Cl2N12O8S2/c37-25-5-1-3-7-27(25)43-35-47-31(39-15-17-51)45-33(49-35)41-23-13-11-21(29(19-23)59(53,54)55)9-10-22-12-14-24(20-30(22)60(56,57)58)42-34-46-32(40-16-18-52)48-36(50-34)44-28-8-4-2-6-26(28)38/h1-14,19-20,51-52H,15-18H2,(H,53,54,55)(H,56,57,58)(H3,39,41,43,45,47,49)(H3,40,42,44,46,48,50).